The second kappa shape index (κ2) is 9.22. The minimum atomic E-state index is -4.36. The predicted molar refractivity (Wildman–Crippen MR) is 130 cm³/mol. The fraction of sp³-hybridized carbons (Fsp3) is 0.333. The van der Waals surface area contributed by atoms with Gasteiger partial charge in [-0.25, -0.2) is 9.69 Å². The van der Waals surface area contributed by atoms with Crippen LogP contribution in [0.25, 0.3) is 10.8 Å². The molecule has 0 aliphatic carbocycles. The maximum absolute atomic E-state index is 13.4. The van der Waals surface area contributed by atoms with Gasteiger partial charge in [-0.3, -0.25) is 14.6 Å². The minimum Gasteiger partial charge on any atom is -0.319 e. The van der Waals surface area contributed by atoms with E-state index in [2.05, 4.69) is 10.2 Å². The number of urea groups is 1. The molecule has 36 heavy (non-hydrogen) atoms. The van der Waals surface area contributed by atoms with E-state index in [4.69, 9.17) is 0 Å². The largest absolute Gasteiger partial charge is 0.416 e. The Morgan fingerprint density at radius 1 is 0.861 bits per heavy atom. The van der Waals surface area contributed by atoms with E-state index in [0.29, 0.717) is 38.3 Å². The summed E-state index contributed by atoms with van der Waals surface area (Å²) in [6, 6.07) is 18.6. The standard InChI is InChI=1S/C27H27F3N4O2/c1-26(22-10-9-20-6-2-3-7-21(20)16-22)24(35)34(25(36)31-26)18-33-13-11-32(12-14-33)17-19-5-4-8-23(15-19)27(28,29)30/h2-10,15-16H,11-14,17-18H2,1H3,(H,31,36). The van der Waals surface area contributed by atoms with Gasteiger partial charge in [-0.15, -0.1) is 0 Å². The summed E-state index contributed by atoms with van der Waals surface area (Å²) in [5, 5.41) is 4.92. The van der Waals surface area contributed by atoms with Gasteiger partial charge in [-0.1, -0.05) is 54.6 Å². The minimum absolute atomic E-state index is 0.172. The number of carbonyl (C=O) groups excluding carboxylic acids is 2. The van der Waals surface area contributed by atoms with Crippen LogP contribution in [-0.4, -0.2) is 59.5 Å². The average Bonchev–Trinajstić information content (AvgIpc) is 3.08. The Kier molecular flexibility index (Phi) is 6.22. The third-order valence-electron chi connectivity index (χ3n) is 7.07. The van der Waals surface area contributed by atoms with Crippen LogP contribution in [0.5, 0.6) is 0 Å². The first-order chi connectivity index (χ1) is 17.1. The summed E-state index contributed by atoms with van der Waals surface area (Å²) in [4.78, 5) is 31.5. The van der Waals surface area contributed by atoms with Gasteiger partial charge in [-0.2, -0.15) is 13.2 Å². The van der Waals surface area contributed by atoms with Crippen molar-refractivity contribution >= 4 is 22.7 Å². The molecule has 188 valence electrons. The molecule has 9 heteroatoms. The Bertz CT molecular complexity index is 1300. The normalized spacial score (nSPS) is 21.8. The molecule has 1 atom stereocenters. The van der Waals surface area contributed by atoms with Crippen molar-refractivity contribution in [1.82, 2.24) is 20.0 Å². The summed E-state index contributed by atoms with van der Waals surface area (Å²) >= 11 is 0. The van der Waals surface area contributed by atoms with Crippen LogP contribution in [-0.2, 0) is 23.1 Å². The zero-order chi connectivity index (χ0) is 25.5. The summed E-state index contributed by atoms with van der Waals surface area (Å²) in [6.07, 6.45) is -4.36. The Labute approximate surface area is 207 Å². The van der Waals surface area contributed by atoms with Crippen molar-refractivity contribution in [3.05, 3.63) is 83.4 Å². The number of rotatable bonds is 5. The molecule has 2 saturated heterocycles. The lowest BCUT2D eigenvalue weighted by atomic mass is 9.90. The number of piperazine rings is 1. The molecular weight excluding hydrogens is 469 g/mol. The summed E-state index contributed by atoms with van der Waals surface area (Å²) < 4.78 is 39.0. The third kappa shape index (κ3) is 4.68. The van der Waals surface area contributed by atoms with Crippen LogP contribution in [0.3, 0.4) is 0 Å². The van der Waals surface area contributed by atoms with E-state index in [-0.39, 0.29) is 12.6 Å². The molecule has 3 amide bonds. The number of fused-ring (bicyclic) bond motifs is 1. The molecule has 6 nitrogen and oxygen atoms in total. The number of nitrogens with one attached hydrogen (secondary N) is 1. The van der Waals surface area contributed by atoms with Gasteiger partial charge in [0.25, 0.3) is 5.91 Å². The van der Waals surface area contributed by atoms with Gasteiger partial charge in [0.1, 0.15) is 5.54 Å². The number of hydrogen-bond acceptors (Lipinski definition) is 4. The van der Waals surface area contributed by atoms with Gasteiger partial charge in [-0.05, 0) is 41.0 Å². The number of nitrogens with zero attached hydrogens (tertiary/aromatic N) is 3. The molecule has 0 radical (unpaired) electrons. The van der Waals surface area contributed by atoms with Gasteiger partial charge >= 0.3 is 12.2 Å². The van der Waals surface area contributed by atoms with Crippen molar-refractivity contribution in [1.29, 1.82) is 0 Å². The molecule has 5 rings (SSSR count). The second-order valence-electron chi connectivity index (χ2n) is 9.58. The molecule has 2 aliphatic heterocycles. The topological polar surface area (TPSA) is 55.9 Å². The summed E-state index contributed by atoms with van der Waals surface area (Å²) in [7, 11) is 0. The molecule has 1 unspecified atom stereocenters. The Morgan fingerprint density at radius 2 is 1.56 bits per heavy atom. The third-order valence-corrected chi connectivity index (χ3v) is 7.07. The van der Waals surface area contributed by atoms with E-state index >= 15 is 0 Å². The monoisotopic (exact) mass is 496 g/mol. The highest BCUT2D eigenvalue weighted by Gasteiger charge is 2.49. The van der Waals surface area contributed by atoms with Crippen LogP contribution in [0.1, 0.15) is 23.6 Å². The van der Waals surface area contributed by atoms with Crippen molar-refractivity contribution in [2.45, 2.75) is 25.2 Å². The van der Waals surface area contributed by atoms with Crippen molar-refractivity contribution < 1.29 is 22.8 Å². The van der Waals surface area contributed by atoms with Crippen LogP contribution < -0.4 is 5.32 Å². The van der Waals surface area contributed by atoms with Gasteiger partial charge < -0.3 is 5.32 Å². The second-order valence-corrected chi connectivity index (χ2v) is 9.58. The van der Waals surface area contributed by atoms with Gasteiger partial charge in [0.15, 0.2) is 0 Å². The molecule has 0 bridgehead atoms. The molecule has 0 saturated carbocycles. The van der Waals surface area contributed by atoms with E-state index in [0.717, 1.165) is 22.4 Å². The van der Waals surface area contributed by atoms with Crippen LogP contribution in [0.15, 0.2) is 66.7 Å². The lowest BCUT2D eigenvalue weighted by molar-refractivity contribution is -0.137. The van der Waals surface area contributed by atoms with Gasteiger partial charge in [0.05, 0.1) is 12.2 Å². The Balaban J connectivity index is 1.21. The van der Waals surface area contributed by atoms with E-state index < -0.39 is 23.3 Å². The zero-order valence-corrected chi connectivity index (χ0v) is 19.9. The molecule has 1 N–H and O–H groups in total. The van der Waals surface area contributed by atoms with E-state index in [9.17, 15) is 22.8 Å². The van der Waals surface area contributed by atoms with Crippen molar-refractivity contribution in [2.24, 2.45) is 0 Å². The van der Waals surface area contributed by atoms with Crippen LogP contribution >= 0.6 is 0 Å². The number of benzene rings is 3. The predicted octanol–water partition coefficient (Wildman–Crippen LogP) is 4.40. The number of hydrogen-bond donors (Lipinski definition) is 1. The first-order valence-electron chi connectivity index (χ1n) is 11.9. The van der Waals surface area contributed by atoms with E-state index in [1.807, 2.05) is 47.4 Å². The molecule has 2 fully saturated rings. The highest BCUT2D eigenvalue weighted by atomic mass is 19.4. The SMILES string of the molecule is CC1(c2ccc3ccccc3c2)NC(=O)N(CN2CCN(Cc3cccc(C(F)(F)F)c3)CC2)C1=O. The van der Waals surface area contributed by atoms with Crippen molar-refractivity contribution in [2.75, 3.05) is 32.8 Å². The van der Waals surface area contributed by atoms with Crippen molar-refractivity contribution in [3.63, 3.8) is 0 Å². The molecule has 0 spiro atoms. The maximum Gasteiger partial charge on any atom is 0.416 e. The van der Waals surface area contributed by atoms with E-state index in [1.54, 1.807) is 13.0 Å². The van der Waals surface area contributed by atoms with Crippen LogP contribution in [0, 0.1) is 0 Å². The molecule has 2 heterocycles. The number of imide groups is 1. The van der Waals surface area contributed by atoms with Crippen LogP contribution in [0.4, 0.5) is 18.0 Å². The number of carbonyl (C=O) groups is 2. The first kappa shape index (κ1) is 24.3. The quantitative estimate of drug-likeness (QED) is 0.532. The molecule has 2 aliphatic rings. The lowest BCUT2D eigenvalue weighted by Crippen LogP contribution is -2.51. The van der Waals surface area contributed by atoms with Gasteiger partial charge in [0.2, 0.25) is 0 Å². The highest BCUT2D eigenvalue weighted by molar-refractivity contribution is 6.07. The lowest BCUT2D eigenvalue weighted by Gasteiger charge is -2.36. The molecular formula is C27H27F3N4O2. The summed E-state index contributed by atoms with van der Waals surface area (Å²) in [5.41, 5.74) is -0.454. The maximum atomic E-state index is 13.4. The fourth-order valence-corrected chi connectivity index (χ4v) is 4.91. The van der Waals surface area contributed by atoms with E-state index in [1.165, 1.54) is 17.0 Å². The smallest absolute Gasteiger partial charge is 0.319 e. The average molecular weight is 497 g/mol. The first-order valence-corrected chi connectivity index (χ1v) is 11.9. The number of amides is 3. The highest BCUT2D eigenvalue weighted by Crippen LogP contribution is 2.32. The van der Waals surface area contributed by atoms with Crippen LogP contribution in [0.2, 0.25) is 0 Å². The zero-order valence-electron chi connectivity index (χ0n) is 19.9. The molecule has 3 aromatic rings. The summed E-state index contributed by atoms with van der Waals surface area (Å²) in [6.45, 7) is 4.77. The summed E-state index contributed by atoms with van der Waals surface area (Å²) in [5.74, 6) is -0.297. The van der Waals surface area contributed by atoms with Crippen molar-refractivity contribution in [3.8, 4) is 0 Å². The number of alkyl halides is 3. The Hall–Kier alpha value is -3.43. The van der Waals surface area contributed by atoms with Gasteiger partial charge in [0, 0.05) is 32.7 Å². The Morgan fingerprint density at radius 3 is 2.28 bits per heavy atom. The molecule has 3 aromatic carbocycles. The number of halogens is 3. The fourth-order valence-electron chi connectivity index (χ4n) is 4.91. The molecule has 0 aromatic heterocycles.